The fourth-order valence-corrected chi connectivity index (χ4v) is 2.15. The van der Waals surface area contributed by atoms with Gasteiger partial charge in [0, 0.05) is 0 Å². The molecule has 0 aliphatic heterocycles. The highest BCUT2D eigenvalue weighted by molar-refractivity contribution is 6.67. The lowest BCUT2D eigenvalue weighted by Crippen LogP contribution is -2.34. The minimum absolute atomic E-state index is 0.502. The van der Waals surface area contributed by atoms with Crippen molar-refractivity contribution < 1.29 is 19.1 Å². The number of alkyl carbamates (subject to hydrolysis) is 2. The minimum atomic E-state index is -1.77. The van der Waals surface area contributed by atoms with E-state index in [4.69, 9.17) is 39.5 Å². The van der Waals surface area contributed by atoms with E-state index >= 15 is 0 Å². The van der Waals surface area contributed by atoms with Gasteiger partial charge in [0.2, 0.25) is 3.79 Å². The van der Waals surface area contributed by atoms with Crippen LogP contribution in [-0.4, -0.2) is 22.6 Å². The number of amides is 2. The number of nitrogens with one attached hydrogen (secondary N) is 1. The molecule has 0 unspecified atom stereocenters. The highest BCUT2D eigenvalue weighted by atomic mass is 35.6. The first-order valence-corrected chi connectivity index (χ1v) is 8.29. The molecule has 132 valence electrons. The van der Waals surface area contributed by atoms with Gasteiger partial charge < -0.3 is 9.47 Å². The second kappa shape index (κ2) is 8.94. The molecule has 25 heavy (non-hydrogen) atoms. The van der Waals surface area contributed by atoms with Crippen molar-refractivity contribution in [1.29, 1.82) is 0 Å². The van der Waals surface area contributed by atoms with Gasteiger partial charge in [-0.1, -0.05) is 95.5 Å². The van der Waals surface area contributed by atoms with Crippen LogP contribution in [0.25, 0.3) is 0 Å². The van der Waals surface area contributed by atoms with Gasteiger partial charge in [0.25, 0.3) is 0 Å². The van der Waals surface area contributed by atoms with Crippen molar-refractivity contribution in [1.82, 2.24) is 5.32 Å². The Morgan fingerprint density at radius 1 is 0.880 bits per heavy atom. The molecular weight excluding hydrogens is 389 g/mol. The van der Waals surface area contributed by atoms with E-state index < -0.39 is 28.7 Å². The smallest absolute Gasteiger partial charge is 0.417 e. The number of halogens is 3. The molecule has 0 atom stereocenters. The number of imide groups is 1. The van der Waals surface area contributed by atoms with Crippen LogP contribution in [0.4, 0.5) is 9.59 Å². The summed E-state index contributed by atoms with van der Waals surface area (Å²) in [5, 5.41) is 1.92. The Morgan fingerprint density at radius 3 is 1.80 bits per heavy atom. The zero-order chi connectivity index (χ0) is 18.3. The molecule has 0 spiro atoms. The van der Waals surface area contributed by atoms with Crippen LogP contribution in [0.5, 0.6) is 0 Å². The minimum Gasteiger partial charge on any atom is -0.445 e. The average Bonchev–Trinajstić information content (AvgIpc) is 2.59. The number of hydrogen-bond acceptors (Lipinski definition) is 4. The molecule has 5 nitrogen and oxygen atoms in total. The number of benzene rings is 2. The van der Waals surface area contributed by atoms with Crippen molar-refractivity contribution in [3.05, 3.63) is 71.8 Å². The fourth-order valence-electron chi connectivity index (χ4n) is 1.99. The van der Waals surface area contributed by atoms with E-state index in [2.05, 4.69) is 4.74 Å². The summed E-state index contributed by atoms with van der Waals surface area (Å²) in [4.78, 5) is 23.5. The van der Waals surface area contributed by atoms with Crippen LogP contribution in [0.1, 0.15) is 17.2 Å². The molecule has 8 heteroatoms. The second-order valence-electron chi connectivity index (χ2n) is 4.92. The van der Waals surface area contributed by atoms with Crippen LogP contribution in [0.3, 0.4) is 0 Å². The first kappa shape index (κ1) is 19.4. The number of carbonyl (C=O) groups is 2. The van der Waals surface area contributed by atoms with Gasteiger partial charge in [-0.3, -0.25) is 0 Å². The normalized spacial score (nSPS) is 11.0. The highest BCUT2D eigenvalue weighted by Crippen LogP contribution is 2.27. The molecule has 2 rings (SSSR count). The van der Waals surface area contributed by atoms with Crippen molar-refractivity contribution in [3.63, 3.8) is 0 Å². The van der Waals surface area contributed by atoms with Crippen LogP contribution in [-0.2, 0) is 9.47 Å². The summed E-state index contributed by atoms with van der Waals surface area (Å²) in [6.07, 6.45) is -2.74. The second-order valence-corrected chi connectivity index (χ2v) is 7.44. The molecule has 0 aromatic heterocycles. The predicted octanol–water partition coefficient (Wildman–Crippen LogP) is 5.01. The number of alkyl halides is 3. The first-order chi connectivity index (χ1) is 11.8. The molecule has 0 saturated carbocycles. The zero-order valence-electron chi connectivity index (χ0n) is 12.8. The van der Waals surface area contributed by atoms with E-state index in [-0.39, 0.29) is 0 Å². The van der Waals surface area contributed by atoms with Crippen molar-refractivity contribution >= 4 is 47.0 Å². The molecule has 2 aromatic carbocycles. The Labute approximate surface area is 159 Å². The standard InChI is InChI=1S/C17H14Cl3NO4/c18-17(19,20)11-24-15(22)21-16(23)25-14(12-7-3-1-4-8-12)13-9-5-2-6-10-13/h1-10,14H,11H2,(H,21,22,23). The van der Waals surface area contributed by atoms with Gasteiger partial charge in [-0.15, -0.1) is 0 Å². The maximum Gasteiger partial charge on any atom is 0.417 e. The molecule has 1 N–H and O–H groups in total. The van der Waals surface area contributed by atoms with E-state index in [1.54, 1.807) is 0 Å². The molecule has 0 saturated heterocycles. The van der Waals surface area contributed by atoms with Gasteiger partial charge in [-0.05, 0) is 11.1 Å². The molecule has 0 bridgehead atoms. The van der Waals surface area contributed by atoms with Crippen molar-refractivity contribution in [2.45, 2.75) is 9.90 Å². The van der Waals surface area contributed by atoms with Crippen LogP contribution < -0.4 is 5.32 Å². The Hall–Kier alpha value is -1.95. The van der Waals surface area contributed by atoms with Crippen LogP contribution in [0, 0.1) is 0 Å². The molecule has 2 amide bonds. The number of carbonyl (C=O) groups excluding carboxylic acids is 2. The molecule has 2 aromatic rings. The lowest BCUT2D eigenvalue weighted by molar-refractivity contribution is 0.106. The summed E-state index contributed by atoms with van der Waals surface area (Å²) in [7, 11) is 0. The van der Waals surface area contributed by atoms with Crippen LogP contribution >= 0.6 is 34.8 Å². The fraction of sp³-hybridized carbons (Fsp3) is 0.176. The van der Waals surface area contributed by atoms with Gasteiger partial charge in [-0.25, -0.2) is 14.9 Å². The number of hydrogen-bond donors (Lipinski definition) is 1. The van der Waals surface area contributed by atoms with E-state index in [9.17, 15) is 9.59 Å². The monoisotopic (exact) mass is 401 g/mol. The lowest BCUT2D eigenvalue weighted by atomic mass is 10.0. The third kappa shape index (κ3) is 6.82. The first-order valence-electron chi connectivity index (χ1n) is 7.16. The van der Waals surface area contributed by atoms with E-state index in [1.165, 1.54) is 0 Å². The Balaban J connectivity index is 2.05. The quantitative estimate of drug-likeness (QED) is 0.730. The molecular formula is C17H14Cl3NO4. The molecule has 0 fully saturated rings. The summed E-state index contributed by atoms with van der Waals surface area (Å²) in [5.74, 6) is 0. The van der Waals surface area contributed by atoms with Crippen LogP contribution in [0.2, 0.25) is 0 Å². The predicted molar refractivity (Wildman–Crippen MR) is 96.0 cm³/mol. The van der Waals surface area contributed by atoms with Gasteiger partial charge in [0.05, 0.1) is 0 Å². The summed E-state index contributed by atoms with van der Waals surface area (Å²) in [6, 6.07) is 18.2. The summed E-state index contributed by atoms with van der Waals surface area (Å²) >= 11 is 16.4. The topological polar surface area (TPSA) is 64.6 Å². The maximum atomic E-state index is 12.0. The summed E-state index contributed by atoms with van der Waals surface area (Å²) in [5.41, 5.74) is 1.50. The Bertz CT molecular complexity index is 665. The summed E-state index contributed by atoms with van der Waals surface area (Å²) < 4.78 is 8.23. The van der Waals surface area contributed by atoms with E-state index in [1.807, 2.05) is 66.0 Å². The van der Waals surface area contributed by atoms with Crippen molar-refractivity contribution in [3.8, 4) is 0 Å². The van der Waals surface area contributed by atoms with Crippen molar-refractivity contribution in [2.24, 2.45) is 0 Å². The number of rotatable bonds is 4. The van der Waals surface area contributed by atoms with Crippen LogP contribution in [0.15, 0.2) is 60.7 Å². The maximum absolute atomic E-state index is 12.0. The SMILES string of the molecule is O=C(NC(=O)OC(c1ccccc1)c1ccccc1)OCC(Cl)(Cl)Cl. The molecule has 0 heterocycles. The summed E-state index contributed by atoms with van der Waals surface area (Å²) in [6.45, 7) is -0.502. The third-order valence-corrected chi connectivity index (χ3v) is 3.33. The van der Waals surface area contributed by atoms with E-state index in [0.29, 0.717) is 0 Å². The van der Waals surface area contributed by atoms with Gasteiger partial charge >= 0.3 is 12.2 Å². The van der Waals surface area contributed by atoms with E-state index in [0.717, 1.165) is 11.1 Å². The number of ether oxygens (including phenoxy) is 2. The largest absolute Gasteiger partial charge is 0.445 e. The van der Waals surface area contributed by atoms with Crippen molar-refractivity contribution in [2.75, 3.05) is 6.61 Å². The Kier molecular flexibility index (Phi) is 6.93. The van der Waals surface area contributed by atoms with Gasteiger partial charge in [-0.2, -0.15) is 0 Å². The van der Waals surface area contributed by atoms with Gasteiger partial charge in [0.1, 0.15) is 6.61 Å². The molecule has 0 aliphatic carbocycles. The molecule has 0 radical (unpaired) electrons. The lowest BCUT2D eigenvalue weighted by Gasteiger charge is -2.19. The van der Waals surface area contributed by atoms with Gasteiger partial charge in [0.15, 0.2) is 6.10 Å². The molecule has 0 aliphatic rings. The average molecular weight is 403 g/mol. The highest BCUT2D eigenvalue weighted by Gasteiger charge is 2.24. The zero-order valence-corrected chi connectivity index (χ0v) is 15.1. The Morgan fingerprint density at radius 2 is 1.36 bits per heavy atom. The third-order valence-electron chi connectivity index (χ3n) is 3.00.